The van der Waals surface area contributed by atoms with E-state index in [0.717, 1.165) is 20.9 Å². The van der Waals surface area contributed by atoms with E-state index in [2.05, 4.69) is 10.3 Å². The average molecular weight is 250 g/mol. The van der Waals surface area contributed by atoms with Gasteiger partial charge in [-0.05, 0) is 39.0 Å². The summed E-state index contributed by atoms with van der Waals surface area (Å²) in [5, 5.41) is 3.71. The summed E-state index contributed by atoms with van der Waals surface area (Å²) < 4.78 is 6.07. The Morgan fingerprint density at radius 2 is 2.24 bits per heavy atom. The van der Waals surface area contributed by atoms with Gasteiger partial charge in [0.05, 0.1) is 21.3 Å². The lowest BCUT2D eigenvalue weighted by Crippen LogP contribution is -2.17. The minimum absolute atomic E-state index is 0.121. The average Bonchev–Trinajstić information content (AvgIpc) is 2.55. The summed E-state index contributed by atoms with van der Waals surface area (Å²) in [6, 6.07) is 5.62. The Morgan fingerprint density at radius 1 is 1.47 bits per heavy atom. The number of carbonyl (C=O) groups excluding carboxylic acids is 1. The lowest BCUT2D eigenvalue weighted by atomic mass is 10.3. The number of thiazole rings is 1. The zero-order valence-electron chi connectivity index (χ0n) is 9.98. The molecule has 1 aromatic heterocycles. The number of hydrogen-bond acceptors (Lipinski definition) is 4. The second-order valence-corrected chi connectivity index (χ2v) is 5.23. The number of benzene rings is 1. The summed E-state index contributed by atoms with van der Waals surface area (Å²) in [6.45, 7) is 5.59. The number of hydrogen-bond donors (Lipinski definition) is 1. The van der Waals surface area contributed by atoms with Crippen molar-refractivity contribution in [2.45, 2.75) is 26.9 Å². The molecule has 4 nitrogen and oxygen atoms in total. The van der Waals surface area contributed by atoms with Crippen molar-refractivity contribution in [3.05, 3.63) is 23.2 Å². The molecule has 0 aliphatic rings. The van der Waals surface area contributed by atoms with Crippen LogP contribution in [0.4, 0.5) is 10.5 Å². The van der Waals surface area contributed by atoms with E-state index >= 15 is 0 Å². The molecule has 90 valence electrons. The van der Waals surface area contributed by atoms with Crippen LogP contribution in [0.2, 0.25) is 0 Å². The molecule has 2 rings (SSSR count). The maximum Gasteiger partial charge on any atom is 0.411 e. The molecule has 0 unspecified atom stereocenters. The van der Waals surface area contributed by atoms with Crippen molar-refractivity contribution >= 4 is 33.3 Å². The Hall–Kier alpha value is -1.62. The van der Waals surface area contributed by atoms with Crippen LogP contribution in [0.15, 0.2) is 18.2 Å². The van der Waals surface area contributed by atoms with Gasteiger partial charge in [0, 0.05) is 5.69 Å². The molecule has 0 aliphatic heterocycles. The van der Waals surface area contributed by atoms with Crippen LogP contribution in [0.1, 0.15) is 18.9 Å². The van der Waals surface area contributed by atoms with Crippen LogP contribution < -0.4 is 5.32 Å². The van der Waals surface area contributed by atoms with Crippen molar-refractivity contribution in [1.82, 2.24) is 4.98 Å². The molecule has 0 bridgehead atoms. The van der Waals surface area contributed by atoms with E-state index in [1.807, 2.05) is 39.0 Å². The maximum atomic E-state index is 11.4. The summed E-state index contributed by atoms with van der Waals surface area (Å²) in [4.78, 5) is 15.8. The number of amides is 1. The van der Waals surface area contributed by atoms with Gasteiger partial charge in [-0.15, -0.1) is 11.3 Å². The normalized spacial score (nSPS) is 10.8. The van der Waals surface area contributed by atoms with E-state index in [4.69, 9.17) is 4.74 Å². The molecule has 0 spiro atoms. The Morgan fingerprint density at radius 3 is 2.94 bits per heavy atom. The van der Waals surface area contributed by atoms with Crippen LogP contribution in [-0.2, 0) is 4.74 Å². The van der Waals surface area contributed by atoms with Gasteiger partial charge in [0.25, 0.3) is 0 Å². The summed E-state index contributed by atoms with van der Waals surface area (Å²) in [5.41, 5.74) is 1.68. The molecule has 0 saturated heterocycles. The number of aryl methyl sites for hydroxylation is 1. The summed E-state index contributed by atoms with van der Waals surface area (Å²) in [5.74, 6) is 0. The number of anilines is 1. The first-order valence-corrected chi connectivity index (χ1v) is 6.21. The largest absolute Gasteiger partial charge is 0.447 e. The minimum Gasteiger partial charge on any atom is -0.447 e. The van der Waals surface area contributed by atoms with Crippen molar-refractivity contribution in [2.75, 3.05) is 5.32 Å². The van der Waals surface area contributed by atoms with Crippen LogP contribution in [0.25, 0.3) is 10.2 Å². The second kappa shape index (κ2) is 4.71. The van der Waals surface area contributed by atoms with Gasteiger partial charge in [0.2, 0.25) is 0 Å². The van der Waals surface area contributed by atoms with Crippen LogP contribution in [-0.4, -0.2) is 17.2 Å². The molecule has 0 aliphatic carbocycles. The predicted molar refractivity (Wildman–Crippen MR) is 69.6 cm³/mol. The second-order valence-electron chi connectivity index (χ2n) is 3.99. The summed E-state index contributed by atoms with van der Waals surface area (Å²) in [6.07, 6.45) is -0.551. The van der Waals surface area contributed by atoms with Crippen LogP contribution in [0, 0.1) is 6.92 Å². The van der Waals surface area contributed by atoms with Gasteiger partial charge in [-0.3, -0.25) is 5.32 Å². The Bertz CT molecular complexity index is 548. The van der Waals surface area contributed by atoms with Gasteiger partial charge < -0.3 is 4.74 Å². The number of fused-ring (bicyclic) bond motifs is 1. The van der Waals surface area contributed by atoms with Gasteiger partial charge in [-0.2, -0.15) is 0 Å². The Labute approximate surface area is 104 Å². The van der Waals surface area contributed by atoms with Gasteiger partial charge in [0.15, 0.2) is 0 Å². The number of nitrogens with zero attached hydrogens (tertiary/aromatic N) is 1. The van der Waals surface area contributed by atoms with E-state index in [1.165, 1.54) is 0 Å². The minimum atomic E-state index is -0.430. The fraction of sp³-hybridized carbons (Fsp3) is 0.333. The first kappa shape index (κ1) is 11.9. The lowest BCUT2D eigenvalue weighted by Gasteiger charge is -2.09. The molecule has 2 aromatic rings. The number of aromatic nitrogens is 1. The van der Waals surface area contributed by atoms with Crippen molar-refractivity contribution < 1.29 is 9.53 Å². The smallest absolute Gasteiger partial charge is 0.411 e. The maximum absolute atomic E-state index is 11.4. The zero-order chi connectivity index (χ0) is 12.4. The van der Waals surface area contributed by atoms with Crippen LogP contribution >= 0.6 is 11.3 Å². The monoisotopic (exact) mass is 250 g/mol. The molecule has 1 heterocycles. The highest BCUT2D eigenvalue weighted by molar-refractivity contribution is 7.18. The van der Waals surface area contributed by atoms with Gasteiger partial charge in [-0.1, -0.05) is 0 Å². The molecule has 1 N–H and O–H groups in total. The van der Waals surface area contributed by atoms with Gasteiger partial charge in [0.1, 0.15) is 0 Å². The molecule has 0 atom stereocenters. The van der Waals surface area contributed by atoms with E-state index in [-0.39, 0.29) is 6.10 Å². The highest BCUT2D eigenvalue weighted by atomic mass is 32.1. The van der Waals surface area contributed by atoms with Crippen LogP contribution in [0.5, 0.6) is 0 Å². The molecule has 1 aromatic carbocycles. The highest BCUT2D eigenvalue weighted by Crippen LogP contribution is 2.24. The van der Waals surface area contributed by atoms with E-state index in [0.29, 0.717) is 0 Å². The quantitative estimate of drug-likeness (QED) is 0.886. The molecule has 1 amide bonds. The Balaban J connectivity index is 2.16. The number of nitrogens with one attached hydrogen (secondary N) is 1. The molecule has 5 heteroatoms. The van der Waals surface area contributed by atoms with E-state index in [9.17, 15) is 4.79 Å². The van der Waals surface area contributed by atoms with Gasteiger partial charge >= 0.3 is 6.09 Å². The van der Waals surface area contributed by atoms with Crippen LogP contribution in [0.3, 0.4) is 0 Å². The zero-order valence-corrected chi connectivity index (χ0v) is 10.8. The number of carbonyl (C=O) groups is 1. The van der Waals surface area contributed by atoms with Crippen molar-refractivity contribution in [1.29, 1.82) is 0 Å². The highest BCUT2D eigenvalue weighted by Gasteiger charge is 2.07. The third kappa shape index (κ3) is 2.94. The number of ether oxygens (including phenoxy) is 1. The standard InChI is InChI=1S/C12H14N2O2S/c1-7(2)16-12(15)14-9-4-5-10-11(6-9)17-8(3)13-10/h4-7H,1-3H3,(H,14,15). The first-order chi connectivity index (χ1) is 8.04. The molecule has 0 radical (unpaired) electrons. The van der Waals surface area contributed by atoms with Crippen molar-refractivity contribution in [3.63, 3.8) is 0 Å². The Kier molecular flexibility index (Phi) is 3.28. The summed E-state index contributed by atoms with van der Waals surface area (Å²) in [7, 11) is 0. The third-order valence-electron chi connectivity index (χ3n) is 2.08. The molecule has 0 fully saturated rings. The molecular formula is C12H14N2O2S. The summed E-state index contributed by atoms with van der Waals surface area (Å²) >= 11 is 1.60. The predicted octanol–water partition coefficient (Wildman–Crippen LogP) is 3.56. The SMILES string of the molecule is Cc1nc2ccc(NC(=O)OC(C)C)cc2s1. The van der Waals surface area contributed by atoms with Crippen molar-refractivity contribution in [2.24, 2.45) is 0 Å². The van der Waals surface area contributed by atoms with E-state index in [1.54, 1.807) is 11.3 Å². The lowest BCUT2D eigenvalue weighted by molar-refractivity contribution is 0.130. The third-order valence-corrected chi connectivity index (χ3v) is 3.02. The van der Waals surface area contributed by atoms with E-state index < -0.39 is 6.09 Å². The molecule has 0 saturated carbocycles. The molecule has 17 heavy (non-hydrogen) atoms. The molecular weight excluding hydrogens is 236 g/mol. The fourth-order valence-corrected chi connectivity index (χ4v) is 2.35. The van der Waals surface area contributed by atoms with Gasteiger partial charge in [-0.25, -0.2) is 9.78 Å². The van der Waals surface area contributed by atoms with Crippen molar-refractivity contribution in [3.8, 4) is 0 Å². The first-order valence-electron chi connectivity index (χ1n) is 5.39. The topological polar surface area (TPSA) is 51.2 Å². The number of rotatable bonds is 2. The fourth-order valence-electron chi connectivity index (χ4n) is 1.48.